The molecule has 1 fully saturated rings. The summed E-state index contributed by atoms with van der Waals surface area (Å²) in [6.45, 7) is 8.17. The number of rotatable bonds is 11. The molecule has 32 heavy (non-hydrogen) atoms. The van der Waals surface area contributed by atoms with Crippen LogP contribution in [0.5, 0.6) is 0 Å². The smallest absolute Gasteiger partial charge is 0.114 e. The molecule has 0 amide bonds. The van der Waals surface area contributed by atoms with E-state index in [1.165, 1.54) is 58.2 Å². The Morgan fingerprint density at radius 2 is 1.44 bits per heavy atom. The second-order valence-electron chi connectivity index (χ2n) is 8.40. The molecule has 0 bridgehead atoms. The van der Waals surface area contributed by atoms with E-state index in [4.69, 9.17) is 5.11 Å². The number of carboxylic acids is 3. The molecule has 1 aromatic rings. The van der Waals surface area contributed by atoms with Gasteiger partial charge in [-0.25, -0.2) is 0 Å². The third-order valence-electron chi connectivity index (χ3n) is 6.25. The highest BCUT2D eigenvalue weighted by Crippen LogP contribution is 2.42. The Kier molecular flexibility index (Phi) is 11.4. The first kappa shape index (κ1) is 27.6. The van der Waals surface area contributed by atoms with E-state index in [1.807, 2.05) is 0 Å². The molecule has 0 unspecified atom stereocenters. The summed E-state index contributed by atoms with van der Waals surface area (Å²) in [7, 11) is 0. The maximum Gasteiger partial charge on any atom is 0.114 e. The summed E-state index contributed by atoms with van der Waals surface area (Å²) in [4.78, 5) is 32.6. The quantitative estimate of drug-likeness (QED) is 0.471. The molecule has 2 rings (SSSR count). The van der Waals surface area contributed by atoms with Crippen LogP contribution in [-0.4, -0.2) is 53.1 Å². The predicted molar refractivity (Wildman–Crippen MR) is 113 cm³/mol. The predicted octanol–water partition coefficient (Wildman–Crippen LogP) is -0.632. The molecule has 0 radical (unpaired) electrons. The minimum Gasteiger partial charge on any atom is -0.550 e. The molecule has 180 valence electrons. The molecule has 0 aliphatic heterocycles. The van der Waals surface area contributed by atoms with Gasteiger partial charge in [0.1, 0.15) is 5.60 Å². The first-order valence-corrected chi connectivity index (χ1v) is 11.2. The number of benzene rings is 1. The summed E-state index contributed by atoms with van der Waals surface area (Å²) in [5.41, 5.74) is -0.929. The Morgan fingerprint density at radius 3 is 1.84 bits per heavy atom. The number of hydrogen-bond donors (Lipinski definition) is 1. The lowest BCUT2D eigenvalue weighted by molar-refractivity contribution is -0.339. The lowest BCUT2D eigenvalue weighted by Gasteiger charge is -2.39. The van der Waals surface area contributed by atoms with Gasteiger partial charge >= 0.3 is 0 Å². The zero-order chi connectivity index (χ0) is 24.2. The van der Waals surface area contributed by atoms with Crippen molar-refractivity contribution in [1.29, 1.82) is 0 Å². The van der Waals surface area contributed by atoms with Gasteiger partial charge < -0.3 is 39.7 Å². The number of nitrogens with zero attached hydrogens (tertiary/aromatic N) is 1. The second-order valence-corrected chi connectivity index (χ2v) is 8.40. The van der Waals surface area contributed by atoms with Crippen LogP contribution >= 0.6 is 0 Å². The van der Waals surface area contributed by atoms with Gasteiger partial charge in [-0.05, 0) is 49.9 Å². The molecule has 1 aromatic carbocycles. The Bertz CT molecular complexity index is 709. The Balaban J connectivity index is 0.000000347. The van der Waals surface area contributed by atoms with E-state index in [2.05, 4.69) is 49.1 Å². The van der Waals surface area contributed by atoms with Gasteiger partial charge in [-0.15, -0.1) is 0 Å². The fourth-order valence-electron chi connectivity index (χ4n) is 4.30. The molecular formula is C24H34NO7-3. The summed E-state index contributed by atoms with van der Waals surface area (Å²) in [6, 6.07) is 11.3. The Hall–Kier alpha value is -2.45. The van der Waals surface area contributed by atoms with Crippen LogP contribution in [0.15, 0.2) is 30.3 Å². The molecule has 8 nitrogen and oxygen atoms in total. The molecule has 0 aromatic heterocycles. The number of aliphatic hydroxyl groups is 1. The minimum absolute atomic E-state index is 0.460. The van der Waals surface area contributed by atoms with E-state index in [-0.39, 0.29) is 0 Å². The largest absolute Gasteiger partial charge is 0.550 e. The molecule has 1 N–H and O–H groups in total. The Morgan fingerprint density at radius 1 is 0.938 bits per heavy atom. The fraction of sp³-hybridized carbons (Fsp3) is 0.625. The Labute approximate surface area is 189 Å². The van der Waals surface area contributed by atoms with Gasteiger partial charge in [-0.3, -0.25) is 0 Å². The van der Waals surface area contributed by atoms with E-state index < -0.39 is 36.4 Å². The van der Waals surface area contributed by atoms with E-state index in [0.717, 1.165) is 0 Å². The molecule has 0 saturated heterocycles. The molecule has 0 heterocycles. The monoisotopic (exact) mass is 448 g/mol. The van der Waals surface area contributed by atoms with Crippen molar-refractivity contribution in [2.45, 2.75) is 76.2 Å². The summed E-state index contributed by atoms with van der Waals surface area (Å²) >= 11 is 0. The second kappa shape index (κ2) is 13.2. The SMILES string of the molecule is CCN(CC)CCC1(c2ccccc2)CCCCC1.O=C([O-])CC(O)(CC(=O)[O-])C(=O)[O-]. The van der Waals surface area contributed by atoms with Gasteiger partial charge in [-0.1, -0.05) is 63.4 Å². The van der Waals surface area contributed by atoms with Crippen molar-refractivity contribution in [3.8, 4) is 0 Å². The molecule has 1 aliphatic rings. The van der Waals surface area contributed by atoms with E-state index in [9.17, 15) is 29.7 Å². The van der Waals surface area contributed by atoms with Crippen molar-refractivity contribution in [2.24, 2.45) is 0 Å². The number of aliphatic carboxylic acids is 3. The standard InChI is InChI=1S/C18H29N.C6H8O7/c1-3-19(4-2)16-15-18(13-9-6-10-14-18)17-11-7-5-8-12-17;7-3(8)1-6(13,5(11)12)2-4(9)10/h5,7-8,11-12H,3-4,6,9-10,13-16H2,1-2H3;13H,1-2H2,(H,7,8)(H,9,10)(H,11,12)/p-3. The van der Waals surface area contributed by atoms with Crippen molar-refractivity contribution in [3.05, 3.63) is 35.9 Å². The number of carbonyl (C=O) groups excluding carboxylic acids is 3. The van der Waals surface area contributed by atoms with Gasteiger partial charge in [0.25, 0.3) is 0 Å². The maximum atomic E-state index is 10.1. The van der Waals surface area contributed by atoms with E-state index in [1.54, 1.807) is 5.56 Å². The van der Waals surface area contributed by atoms with E-state index >= 15 is 0 Å². The van der Waals surface area contributed by atoms with E-state index in [0.29, 0.717) is 5.41 Å². The number of carboxylic acid groups (broad SMARTS) is 3. The van der Waals surface area contributed by atoms with Crippen LogP contribution in [-0.2, 0) is 19.8 Å². The summed E-state index contributed by atoms with van der Waals surface area (Å²) in [5, 5.41) is 38.9. The zero-order valence-electron chi connectivity index (χ0n) is 19.0. The first-order valence-electron chi connectivity index (χ1n) is 11.2. The van der Waals surface area contributed by atoms with Crippen LogP contribution in [0.25, 0.3) is 0 Å². The summed E-state index contributed by atoms with van der Waals surface area (Å²) < 4.78 is 0. The first-order chi connectivity index (χ1) is 15.1. The van der Waals surface area contributed by atoms with Gasteiger partial charge in [-0.2, -0.15) is 0 Å². The zero-order valence-corrected chi connectivity index (χ0v) is 19.0. The highest BCUT2D eigenvalue weighted by molar-refractivity contribution is 5.86. The third-order valence-corrected chi connectivity index (χ3v) is 6.25. The number of hydrogen-bond acceptors (Lipinski definition) is 8. The van der Waals surface area contributed by atoms with Gasteiger partial charge in [0.15, 0.2) is 0 Å². The van der Waals surface area contributed by atoms with Crippen LogP contribution in [0.3, 0.4) is 0 Å². The van der Waals surface area contributed by atoms with Crippen molar-refractivity contribution in [3.63, 3.8) is 0 Å². The molecule has 0 atom stereocenters. The van der Waals surface area contributed by atoms with Gasteiger partial charge in [0, 0.05) is 24.8 Å². The average molecular weight is 449 g/mol. The molecule has 8 heteroatoms. The molecular weight excluding hydrogens is 414 g/mol. The van der Waals surface area contributed by atoms with Crippen LogP contribution < -0.4 is 15.3 Å². The topological polar surface area (TPSA) is 144 Å². The lowest BCUT2D eigenvalue weighted by atomic mass is 9.67. The maximum absolute atomic E-state index is 10.1. The van der Waals surface area contributed by atoms with Crippen molar-refractivity contribution >= 4 is 17.9 Å². The highest BCUT2D eigenvalue weighted by Gasteiger charge is 2.33. The normalized spacial score (nSPS) is 15.5. The minimum atomic E-state index is -2.97. The third kappa shape index (κ3) is 8.59. The van der Waals surface area contributed by atoms with Crippen molar-refractivity contribution < 1.29 is 34.8 Å². The highest BCUT2D eigenvalue weighted by atomic mass is 16.4. The summed E-state index contributed by atoms with van der Waals surface area (Å²) in [6.07, 6.45) is 5.64. The average Bonchev–Trinajstić information content (AvgIpc) is 2.75. The molecule has 1 aliphatic carbocycles. The number of carbonyl (C=O) groups is 3. The fourth-order valence-corrected chi connectivity index (χ4v) is 4.30. The van der Waals surface area contributed by atoms with Crippen LogP contribution in [0.4, 0.5) is 0 Å². The van der Waals surface area contributed by atoms with Crippen LogP contribution in [0.2, 0.25) is 0 Å². The van der Waals surface area contributed by atoms with Crippen molar-refractivity contribution in [1.82, 2.24) is 4.90 Å². The molecule has 1 saturated carbocycles. The van der Waals surface area contributed by atoms with Crippen molar-refractivity contribution in [2.75, 3.05) is 19.6 Å². The lowest BCUT2D eigenvalue weighted by Crippen LogP contribution is -2.54. The van der Waals surface area contributed by atoms with Crippen LogP contribution in [0.1, 0.15) is 70.8 Å². The van der Waals surface area contributed by atoms with Gasteiger partial charge in [0.05, 0.1) is 5.97 Å². The van der Waals surface area contributed by atoms with Crippen LogP contribution in [0, 0.1) is 0 Å². The van der Waals surface area contributed by atoms with Gasteiger partial charge in [0.2, 0.25) is 0 Å². The summed E-state index contributed by atoms with van der Waals surface area (Å²) in [5.74, 6) is -5.98. The molecule has 0 spiro atoms.